The highest BCUT2D eigenvalue weighted by Gasteiger charge is 2.12. The summed E-state index contributed by atoms with van der Waals surface area (Å²) in [6.45, 7) is 13.4. The van der Waals surface area contributed by atoms with E-state index in [0.717, 1.165) is 62.8 Å². The van der Waals surface area contributed by atoms with Crippen LogP contribution in [0.3, 0.4) is 0 Å². The number of rotatable bonds is 13. The SMILES string of the molecule is CC(C)(C)Oc1ccc(CCCCOS(C)(=O)=O)cc1.CC(C)(C)Oc1ccc(CCCCn2ccnn2)cc1. The van der Waals surface area contributed by atoms with Crippen LogP contribution in [0, 0.1) is 0 Å². The molecule has 0 unspecified atom stereocenters. The van der Waals surface area contributed by atoms with Crippen molar-refractivity contribution in [3.8, 4) is 11.5 Å². The lowest BCUT2D eigenvalue weighted by molar-refractivity contribution is 0.130. The summed E-state index contributed by atoms with van der Waals surface area (Å²) in [5.74, 6) is 1.80. The lowest BCUT2D eigenvalue weighted by Crippen LogP contribution is -2.22. The molecule has 0 aliphatic heterocycles. The molecule has 0 spiro atoms. The zero-order chi connectivity index (χ0) is 29.7. The summed E-state index contributed by atoms with van der Waals surface area (Å²) in [5, 5.41) is 7.75. The first-order valence-corrected chi connectivity index (χ1v) is 15.7. The average Bonchev–Trinajstić information content (AvgIpc) is 3.35. The molecule has 0 aliphatic rings. The van der Waals surface area contributed by atoms with E-state index in [9.17, 15) is 8.42 Å². The normalized spacial score (nSPS) is 12.0. The molecule has 0 aliphatic carbocycles. The maximum Gasteiger partial charge on any atom is 0.264 e. The molecule has 1 heterocycles. The zero-order valence-corrected chi connectivity index (χ0v) is 26.0. The van der Waals surface area contributed by atoms with E-state index in [1.165, 1.54) is 11.1 Å². The maximum absolute atomic E-state index is 10.8. The van der Waals surface area contributed by atoms with Crippen molar-refractivity contribution in [3.63, 3.8) is 0 Å². The third-order valence-electron chi connectivity index (χ3n) is 5.43. The van der Waals surface area contributed by atoms with Crippen molar-refractivity contribution in [2.24, 2.45) is 0 Å². The monoisotopic (exact) mass is 573 g/mol. The molecule has 0 bridgehead atoms. The van der Waals surface area contributed by atoms with Crippen LogP contribution in [0.15, 0.2) is 60.9 Å². The Balaban J connectivity index is 0.000000280. The van der Waals surface area contributed by atoms with Crippen molar-refractivity contribution in [3.05, 3.63) is 72.1 Å². The molecule has 1 aromatic heterocycles. The standard InChI is InChI=1S/C16H23N3O.C15H24O4S/c1-16(2,3)20-15-9-7-14(8-10-15)6-4-5-12-19-13-11-17-18-19;1-15(2,3)19-14-10-8-13(9-11-14)7-5-6-12-18-20(4,16)17/h7-11,13H,4-6,12H2,1-3H3;8-11H,5-7,12H2,1-4H3. The third-order valence-corrected chi connectivity index (χ3v) is 6.02. The number of benzene rings is 2. The summed E-state index contributed by atoms with van der Waals surface area (Å²) < 4.78 is 39.7. The van der Waals surface area contributed by atoms with E-state index >= 15 is 0 Å². The van der Waals surface area contributed by atoms with Gasteiger partial charge in [0, 0.05) is 12.7 Å². The fourth-order valence-corrected chi connectivity index (χ4v) is 4.17. The molecule has 0 fully saturated rings. The second-order valence-electron chi connectivity index (χ2n) is 11.8. The van der Waals surface area contributed by atoms with E-state index in [4.69, 9.17) is 13.7 Å². The largest absolute Gasteiger partial charge is 0.488 e. The number of hydrogen-bond donors (Lipinski definition) is 0. The molecular formula is C31H47N3O5S. The van der Waals surface area contributed by atoms with E-state index in [-0.39, 0.29) is 17.8 Å². The number of nitrogens with zero attached hydrogens (tertiary/aromatic N) is 3. The summed E-state index contributed by atoms with van der Waals surface area (Å²) in [6.07, 6.45) is 10.6. The number of hydrogen-bond acceptors (Lipinski definition) is 7. The van der Waals surface area contributed by atoms with Crippen LogP contribution in [0.25, 0.3) is 0 Å². The van der Waals surface area contributed by atoms with Crippen molar-refractivity contribution < 1.29 is 22.1 Å². The quantitative estimate of drug-likeness (QED) is 0.167. The van der Waals surface area contributed by atoms with E-state index in [1.54, 1.807) is 6.20 Å². The van der Waals surface area contributed by atoms with Gasteiger partial charge in [-0.1, -0.05) is 29.5 Å². The van der Waals surface area contributed by atoms with E-state index in [2.05, 4.69) is 55.3 Å². The number of aryl methyl sites for hydroxylation is 3. The summed E-state index contributed by atoms with van der Waals surface area (Å²) >= 11 is 0. The molecule has 0 amide bonds. The number of ether oxygens (including phenoxy) is 2. The fourth-order valence-electron chi connectivity index (χ4n) is 3.75. The first-order chi connectivity index (χ1) is 18.7. The van der Waals surface area contributed by atoms with Gasteiger partial charge < -0.3 is 9.47 Å². The van der Waals surface area contributed by atoms with E-state index < -0.39 is 10.1 Å². The molecular weight excluding hydrogens is 526 g/mol. The lowest BCUT2D eigenvalue weighted by Gasteiger charge is -2.21. The van der Waals surface area contributed by atoms with Gasteiger partial charge in [-0.25, -0.2) is 0 Å². The van der Waals surface area contributed by atoms with Crippen molar-refractivity contribution in [2.75, 3.05) is 12.9 Å². The highest BCUT2D eigenvalue weighted by atomic mass is 32.2. The molecule has 0 radical (unpaired) electrons. The third kappa shape index (κ3) is 16.3. The van der Waals surface area contributed by atoms with Gasteiger partial charge in [0.25, 0.3) is 10.1 Å². The molecule has 3 aromatic rings. The Morgan fingerprint density at radius 1 is 0.725 bits per heavy atom. The zero-order valence-electron chi connectivity index (χ0n) is 25.2. The van der Waals surface area contributed by atoms with Crippen LogP contribution in [-0.4, -0.2) is 47.5 Å². The molecule has 222 valence electrons. The van der Waals surface area contributed by atoms with Crippen LogP contribution in [0.5, 0.6) is 11.5 Å². The van der Waals surface area contributed by atoms with E-state index in [1.807, 2.05) is 55.9 Å². The molecule has 0 saturated carbocycles. The van der Waals surface area contributed by atoms with Gasteiger partial charge in [-0.05, 0) is 115 Å². The van der Waals surface area contributed by atoms with Crippen LogP contribution in [0.4, 0.5) is 0 Å². The Morgan fingerprint density at radius 3 is 1.60 bits per heavy atom. The highest BCUT2D eigenvalue weighted by Crippen LogP contribution is 2.20. The van der Waals surface area contributed by atoms with Gasteiger partial charge in [0.05, 0.1) is 19.1 Å². The van der Waals surface area contributed by atoms with Crippen LogP contribution in [0.1, 0.15) is 78.4 Å². The van der Waals surface area contributed by atoms with Crippen molar-refractivity contribution in [1.82, 2.24) is 15.0 Å². The first-order valence-electron chi connectivity index (χ1n) is 13.9. The smallest absolute Gasteiger partial charge is 0.264 e. The minimum atomic E-state index is -3.31. The van der Waals surface area contributed by atoms with Crippen LogP contribution in [-0.2, 0) is 33.7 Å². The average molecular weight is 574 g/mol. The van der Waals surface area contributed by atoms with Gasteiger partial charge in [-0.2, -0.15) is 8.42 Å². The number of aromatic nitrogens is 3. The van der Waals surface area contributed by atoms with Crippen molar-refractivity contribution >= 4 is 10.1 Å². The molecule has 0 atom stereocenters. The Hall–Kier alpha value is -2.91. The second-order valence-corrected chi connectivity index (χ2v) is 13.5. The predicted molar refractivity (Wildman–Crippen MR) is 160 cm³/mol. The molecule has 9 heteroatoms. The Morgan fingerprint density at radius 2 is 1.20 bits per heavy atom. The molecule has 8 nitrogen and oxygen atoms in total. The van der Waals surface area contributed by atoms with E-state index in [0.29, 0.717) is 0 Å². The molecule has 3 rings (SSSR count). The molecule has 0 N–H and O–H groups in total. The molecule has 40 heavy (non-hydrogen) atoms. The Labute approximate surface area is 241 Å². The minimum absolute atomic E-state index is 0.140. The van der Waals surface area contributed by atoms with Crippen LogP contribution < -0.4 is 9.47 Å². The highest BCUT2D eigenvalue weighted by molar-refractivity contribution is 7.85. The van der Waals surface area contributed by atoms with Crippen LogP contribution >= 0.6 is 0 Å². The van der Waals surface area contributed by atoms with Crippen LogP contribution in [0.2, 0.25) is 0 Å². The lowest BCUT2D eigenvalue weighted by atomic mass is 10.1. The Kier molecular flexibility index (Phi) is 13.1. The molecule has 0 saturated heterocycles. The first kappa shape index (κ1) is 33.3. The van der Waals surface area contributed by atoms with Crippen molar-refractivity contribution in [1.29, 1.82) is 0 Å². The summed E-state index contributed by atoms with van der Waals surface area (Å²) in [6, 6.07) is 16.4. The minimum Gasteiger partial charge on any atom is -0.488 e. The van der Waals surface area contributed by atoms with Gasteiger partial charge in [0.1, 0.15) is 22.7 Å². The summed E-state index contributed by atoms with van der Waals surface area (Å²) in [5.41, 5.74) is 2.24. The Bertz CT molecular complexity index is 1200. The summed E-state index contributed by atoms with van der Waals surface area (Å²) in [4.78, 5) is 0. The number of unbranched alkanes of at least 4 members (excludes halogenated alkanes) is 2. The van der Waals surface area contributed by atoms with Gasteiger partial charge in [0.15, 0.2) is 0 Å². The molecule has 2 aromatic carbocycles. The van der Waals surface area contributed by atoms with Crippen molar-refractivity contribution in [2.45, 2.75) is 97.8 Å². The maximum atomic E-state index is 10.8. The summed E-state index contributed by atoms with van der Waals surface area (Å²) in [7, 11) is -3.31. The predicted octanol–water partition coefficient (Wildman–Crippen LogP) is 6.64. The van der Waals surface area contributed by atoms with Gasteiger partial charge >= 0.3 is 0 Å². The second kappa shape index (κ2) is 15.8. The van der Waals surface area contributed by atoms with Gasteiger partial charge in [-0.15, -0.1) is 5.10 Å². The topological polar surface area (TPSA) is 92.5 Å². The van der Waals surface area contributed by atoms with Gasteiger partial charge in [0.2, 0.25) is 0 Å². The van der Waals surface area contributed by atoms with Gasteiger partial charge in [-0.3, -0.25) is 8.86 Å². The fraction of sp³-hybridized carbons (Fsp3) is 0.548.